The summed E-state index contributed by atoms with van der Waals surface area (Å²) >= 11 is 0. The zero-order chi connectivity index (χ0) is 20.5. The van der Waals surface area contributed by atoms with Gasteiger partial charge in [-0.15, -0.1) is 0 Å². The Hall–Kier alpha value is -2.38. The zero-order valence-electron chi connectivity index (χ0n) is 17.9. The second kappa shape index (κ2) is 11.0. The molecular formula is C22H34N6O. The molecule has 0 amide bonds. The van der Waals surface area contributed by atoms with Crippen molar-refractivity contribution in [2.75, 3.05) is 52.9 Å². The molecule has 7 heteroatoms. The topological polar surface area (TPSA) is 68.9 Å². The average molecular weight is 399 g/mol. The minimum Gasteiger partial charge on any atom is -0.444 e. The Bertz CT molecular complexity index is 770. The van der Waals surface area contributed by atoms with Crippen molar-refractivity contribution < 1.29 is 4.42 Å². The second-order valence-corrected chi connectivity index (χ2v) is 7.63. The van der Waals surface area contributed by atoms with Crippen LogP contribution in [-0.2, 0) is 6.54 Å². The number of hydrogen-bond donors (Lipinski definition) is 2. The van der Waals surface area contributed by atoms with Crippen molar-refractivity contribution in [2.45, 2.75) is 26.8 Å². The van der Waals surface area contributed by atoms with E-state index in [-0.39, 0.29) is 0 Å². The molecule has 2 N–H and O–H groups in total. The third-order valence-electron chi connectivity index (χ3n) is 5.13. The lowest BCUT2D eigenvalue weighted by molar-refractivity contribution is 0.280. The first kappa shape index (κ1) is 21.3. The minimum atomic E-state index is 0.485. The number of aromatic nitrogens is 1. The van der Waals surface area contributed by atoms with Crippen molar-refractivity contribution in [3.63, 3.8) is 0 Å². The summed E-state index contributed by atoms with van der Waals surface area (Å²) in [4.78, 5) is 14.2. The summed E-state index contributed by atoms with van der Waals surface area (Å²) in [7, 11) is 2.20. The van der Waals surface area contributed by atoms with Gasteiger partial charge in [-0.25, -0.2) is 9.98 Å². The summed E-state index contributed by atoms with van der Waals surface area (Å²) in [6.45, 7) is 12.0. The van der Waals surface area contributed by atoms with Crippen molar-refractivity contribution in [3.8, 4) is 11.5 Å². The van der Waals surface area contributed by atoms with E-state index in [1.807, 2.05) is 12.1 Å². The van der Waals surface area contributed by atoms with Gasteiger partial charge in [0.2, 0.25) is 5.89 Å². The Balaban J connectivity index is 1.50. The lowest BCUT2D eigenvalue weighted by atomic mass is 10.1. The molecule has 0 radical (unpaired) electrons. The van der Waals surface area contributed by atoms with Crippen molar-refractivity contribution >= 4 is 5.96 Å². The molecule has 1 aromatic heterocycles. The molecule has 1 saturated heterocycles. The maximum atomic E-state index is 5.63. The van der Waals surface area contributed by atoms with Gasteiger partial charge in [-0.3, -0.25) is 0 Å². The number of nitrogens with one attached hydrogen (secondary N) is 2. The van der Waals surface area contributed by atoms with Gasteiger partial charge in [-0.1, -0.05) is 17.7 Å². The number of guanidine groups is 1. The first-order valence-electron chi connectivity index (χ1n) is 10.6. The molecule has 1 aliphatic rings. The fourth-order valence-corrected chi connectivity index (χ4v) is 3.37. The van der Waals surface area contributed by atoms with Gasteiger partial charge in [-0.2, -0.15) is 0 Å². The number of aliphatic imine (C=N–C) groups is 1. The smallest absolute Gasteiger partial charge is 0.226 e. The van der Waals surface area contributed by atoms with Crippen LogP contribution in [0, 0.1) is 6.92 Å². The summed E-state index contributed by atoms with van der Waals surface area (Å²) in [6.07, 6.45) is 2.93. The van der Waals surface area contributed by atoms with E-state index in [2.05, 4.69) is 63.4 Å². The molecule has 2 aromatic rings. The van der Waals surface area contributed by atoms with E-state index in [9.17, 15) is 0 Å². The van der Waals surface area contributed by atoms with Gasteiger partial charge in [0.25, 0.3) is 0 Å². The number of likely N-dealkylation sites (N-methyl/N-ethyl adjacent to an activating group) is 1. The normalized spacial score (nSPS) is 16.6. The minimum absolute atomic E-state index is 0.485. The number of aryl methyl sites for hydroxylation is 1. The van der Waals surface area contributed by atoms with Gasteiger partial charge < -0.3 is 24.9 Å². The third-order valence-corrected chi connectivity index (χ3v) is 5.13. The molecule has 0 spiro atoms. The van der Waals surface area contributed by atoms with E-state index < -0.39 is 0 Å². The molecule has 0 saturated carbocycles. The molecule has 1 fully saturated rings. The summed E-state index contributed by atoms with van der Waals surface area (Å²) < 4.78 is 5.63. The summed E-state index contributed by atoms with van der Waals surface area (Å²) in [6, 6.07) is 8.18. The highest BCUT2D eigenvalue weighted by Gasteiger charge is 2.12. The predicted octanol–water partition coefficient (Wildman–Crippen LogP) is 2.34. The number of rotatable bonds is 7. The molecule has 0 aliphatic carbocycles. The molecule has 2 heterocycles. The molecule has 158 valence electrons. The number of benzene rings is 1. The highest BCUT2D eigenvalue weighted by Crippen LogP contribution is 2.19. The van der Waals surface area contributed by atoms with Gasteiger partial charge in [-0.05, 0) is 52.5 Å². The van der Waals surface area contributed by atoms with E-state index in [0.717, 1.165) is 49.9 Å². The van der Waals surface area contributed by atoms with Crippen LogP contribution in [0.2, 0.25) is 0 Å². The van der Waals surface area contributed by atoms with Crippen LogP contribution >= 0.6 is 0 Å². The van der Waals surface area contributed by atoms with Gasteiger partial charge in [0.1, 0.15) is 12.0 Å². The fourth-order valence-electron chi connectivity index (χ4n) is 3.37. The molecule has 7 nitrogen and oxygen atoms in total. The Morgan fingerprint density at radius 1 is 1.14 bits per heavy atom. The van der Waals surface area contributed by atoms with Crippen molar-refractivity contribution in [2.24, 2.45) is 4.99 Å². The van der Waals surface area contributed by atoms with Crippen LogP contribution in [-0.4, -0.2) is 73.6 Å². The van der Waals surface area contributed by atoms with E-state index >= 15 is 0 Å². The monoisotopic (exact) mass is 398 g/mol. The molecule has 0 atom stereocenters. The highest BCUT2D eigenvalue weighted by molar-refractivity contribution is 5.79. The van der Waals surface area contributed by atoms with Crippen LogP contribution in [0.15, 0.2) is 39.9 Å². The predicted molar refractivity (Wildman–Crippen MR) is 118 cm³/mol. The summed E-state index contributed by atoms with van der Waals surface area (Å²) in [5.41, 5.74) is 3.03. The van der Waals surface area contributed by atoms with Gasteiger partial charge in [0.15, 0.2) is 5.96 Å². The van der Waals surface area contributed by atoms with Gasteiger partial charge in [0, 0.05) is 38.3 Å². The van der Waals surface area contributed by atoms with Crippen molar-refractivity contribution in [1.29, 1.82) is 0 Å². The lowest BCUT2D eigenvalue weighted by Crippen LogP contribution is -2.42. The molecule has 0 unspecified atom stereocenters. The molecule has 29 heavy (non-hydrogen) atoms. The maximum absolute atomic E-state index is 5.63. The van der Waals surface area contributed by atoms with Gasteiger partial charge in [0.05, 0.1) is 6.54 Å². The van der Waals surface area contributed by atoms with Crippen LogP contribution in [0.5, 0.6) is 0 Å². The quantitative estimate of drug-likeness (QED) is 0.551. The van der Waals surface area contributed by atoms with E-state index in [1.165, 1.54) is 25.1 Å². The molecule has 1 aliphatic heterocycles. The Morgan fingerprint density at radius 3 is 2.76 bits per heavy atom. The van der Waals surface area contributed by atoms with Crippen LogP contribution in [0.4, 0.5) is 0 Å². The van der Waals surface area contributed by atoms with Crippen LogP contribution in [0.1, 0.15) is 24.6 Å². The largest absolute Gasteiger partial charge is 0.444 e. The maximum Gasteiger partial charge on any atom is 0.226 e. The zero-order valence-corrected chi connectivity index (χ0v) is 17.9. The first-order valence-corrected chi connectivity index (χ1v) is 10.6. The third kappa shape index (κ3) is 6.87. The molecule has 3 rings (SSSR count). The van der Waals surface area contributed by atoms with Crippen LogP contribution < -0.4 is 10.6 Å². The standard InChI is InChI=1S/C22H34N6O/c1-4-23-22(24-10-13-28-12-5-11-27(3)14-15-28)25-16-20-17-29-21(26-20)19-8-6-18(2)7-9-19/h6-9,17H,4-5,10-16H2,1-3H3,(H2,23,24,25). The SMILES string of the molecule is CCNC(=NCc1coc(-c2ccc(C)cc2)n1)NCCN1CCCN(C)CC1. The fraction of sp³-hybridized carbons (Fsp3) is 0.545. The lowest BCUT2D eigenvalue weighted by Gasteiger charge is -2.21. The Kier molecular flexibility index (Phi) is 8.07. The van der Waals surface area contributed by atoms with Crippen LogP contribution in [0.25, 0.3) is 11.5 Å². The van der Waals surface area contributed by atoms with E-state index in [0.29, 0.717) is 12.4 Å². The van der Waals surface area contributed by atoms with E-state index in [4.69, 9.17) is 4.42 Å². The first-order chi connectivity index (χ1) is 14.1. The summed E-state index contributed by atoms with van der Waals surface area (Å²) in [5, 5.41) is 6.75. The number of oxazole rings is 1. The second-order valence-electron chi connectivity index (χ2n) is 7.63. The highest BCUT2D eigenvalue weighted by atomic mass is 16.3. The number of hydrogen-bond acceptors (Lipinski definition) is 5. The Labute approximate surface area is 174 Å². The number of nitrogens with zero attached hydrogens (tertiary/aromatic N) is 4. The van der Waals surface area contributed by atoms with Gasteiger partial charge >= 0.3 is 0 Å². The summed E-state index contributed by atoms with van der Waals surface area (Å²) in [5.74, 6) is 1.46. The van der Waals surface area contributed by atoms with E-state index in [1.54, 1.807) is 6.26 Å². The Morgan fingerprint density at radius 2 is 1.97 bits per heavy atom. The molecular weight excluding hydrogens is 364 g/mol. The van der Waals surface area contributed by atoms with Crippen LogP contribution in [0.3, 0.4) is 0 Å². The molecule has 1 aromatic carbocycles. The average Bonchev–Trinajstić information content (AvgIpc) is 3.09. The molecule has 0 bridgehead atoms. The van der Waals surface area contributed by atoms with Crippen molar-refractivity contribution in [1.82, 2.24) is 25.4 Å². The van der Waals surface area contributed by atoms with Crippen molar-refractivity contribution in [3.05, 3.63) is 41.8 Å².